The third-order valence-corrected chi connectivity index (χ3v) is 4.79. The van der Waals surface area contributed by atoms with Gasteiger partial charge in [0.1, 0.15) is 0 Å². The Kier molecular flexibility index (Phi) is 7.53. The number of amides is 2. The fourth-order valence-electron chi connectivity index (χ4n) is 3.04. The molecule has 0 aliphatic carbocycles. The molecule has 1 aromatic rings. The molecule has 134 valence electrons. The van der Waals surface area contributed by atoms with Gasteiger partial charge in [0.2, 0.25) is 0 Å². The Hall–Kier alpha value is -1.59. The van der Waals surface area contributed by atoms with Gasteiger partial charge in [0, 0.05) is 32.3 Å². The van der Waals surface area contributed by atoms with E-state index >= 15 is 0 Å². The van der Waals surface area contributed by atoms with Gasteiger partial charge in [-0.05, 0) is 37.6 Å². The largest absolute Gasteiger partial charge is 0.380 e. The first-order chi connectivity index (χ1) is 11.7. The molecule has 0 aromatic heterocycles. The van der Waals surface area contributed by atoms with Crippen LogP contribution in [0.25, 0.3) is 0 Å². The van der Waals surface area contributed by atoms with Crippen molar-refractivity contribution >= 4 is 6.03 Å². The number of urea groups is 1. The average molecular weight is 333 g/mol. The third kappa shape index (κ3) is 5.21. The number of rotatable bonds is 6. The zero-order chi connectivity index (χ0) is 17.4. The standard InChI is InChI=1S/C19H31N3O2/c1-4-21(5-2)15-18-9-7-6-8-17(18)14-20-19(23)22-11-13-24-12-10-16(22)3/h6-9,16H,4-5,10-15H2,1-3H3,(H,20,23)/t16-/m1/s1. The van der Waals surface area contributed by atoms with Crippen LogP contribution in [0.5, 0.6) is 0 Å². The number of ether oxygens (including phenoxy) is 1. The van der Waals surface area contributed by atoms with Gasteiger partial charge in [0.05, 0.1) is 6.61 Å². The number of hydrogen-bond acceptors (Lipinski definition) is 3. The van der Waals surface area contributed by atoms with Gasteiger partial charge in [-0.2, -0.15) is 0 Å². The molecular weight excluding hydrogens is 302 g/mol. The molecule has 1 heterocycles. The smallest absolute Gasteiger partial charge is 0.317 e. The molecule has 0 bridgehead atoms. The van der Waals surface area contributed by atoms with E-state index in [1.54, 1.807) is 0 Å². The molecule has 1 saturated heterocycles. The summed E-state index contributed by atoms with van der Waals surface area (Å²) in [4.78, 5) is 16.8. The van der Waals surface area contributed by atoms with E-state index < -0.39 is 0 Å². The molecule has 1 aliphatic rings. The van der Waals surface area contributed by atoms with Gasteiger partial charge in [-0.3, -0.25) is 4.90 Å². The van der Waals surface area contributed by atoms with Crippen molar-refractivity contribution < 1.29 is 9.53 Å². The minimum Gasteiger partial charge on any atom is -0.380 e. The predicted octanol–water partition coefficient (Wildman–Crippen LogP) is 2.85. The second-order valence-corrected chi connectivity index (χ2v) is 6.33. The molecule has 0 spiro atoms. The van der Waals surface area contributed by atoms with Gasteiger partial charge in [0.25, 0.3) is 0 Å². The number of carbonyl (C=O) groups excluding carboxylic acids is 1. The fourth-order valence-corrected chi connectivity index (χ4v) is 3.04. The van der Waals surface area contributed by atoms with E-state index in [4.69, 9.17) is 4.74 Å². The summed E-state index contributed by atoms with van der Waals surface area (Å²) in [5.41, 5.74) is 2.48. The lowest BCUT2D eigenvalue weighted by atomic mass is 10.1. The summed E-state index contributed by atoms with van der Waals surface area (Å²) in [6.07, 6.45) is 0.895. The summed E-state index contributed by atoms with van der Waals surface area (Å²) in [5, 5.41) is 3.09. The highest BCUT2D eigenvalue weighted by Crippen LogP contribution is 2.13. The predicted molar refractivity (Wildman–Crippen MR) is 96.9 cm³/mol. The van der Waals surface area contributed by atoms with Crippen LogP contribution in [0.2, 0.25) is 0 Å². The Labute approximate surface area is 146 Å². The number of carbonyl (C=O) groups is 1. The van der Waals surface area contributed by atoms with Gasteiger partial charge in [-0.1, -0.05) is 38.1 Å². The molecule has 1 N–H and O–H groups in total. The van der Waals surface area contributed by atoms with Crippen LogP contribution in [0, 0.1) is 0 Å². The maximum atomic E-state index is 12.5. The minimum absolute atomic E-state index is 0.00522. The zero-order valence-electron chi connectivity index (χ0n) is 15.3. The zero-order valence-corrected chi connectivity index (χ0v) is 15.3. The Balaban J connectivity index is 1.97. The fraction of sp³-hybridized carbons (Fsp3) is 0.632. The van der Waals surface area contributed by atoms with Gasteiger partial charge in [-0.25, -0.2) is 4.79 Å². The summed E-state index contributed by atoms with van der Waals surface area (Å²) in [6.45, 7) is 12.0. The van der Waals surface area contributed by atoms with Crippen LogP contribution in [0.1, 0.15) is 38.3 Å². The van der Waals surface area contributed by atoms with Crippen LogP contribution in [0.4, 0.5) is 4.79 Å². The van der Waals surface area contributed by atoms with E-state index in [-0.39, 0.29) is 12.1 Å². The quantitative estimate of drug-likeness (QED) is 0.871. The molecule has 2 amide bonds. The monoisotopic (exact) mass is 333 g/mol. The van der Waals surface area contributed by atoms with E-state index in [1.165, 1.54) is 11.1 Å². The molecule has 1 aromatic carbocycles. The maximum Gasteiger partial charge on any atom is 0.317 e. The van der Waals surface area contributed by atoms with Crippen LogP contribution >= 0.6 is 0 Å². The van der Waals surface area contributed by atoms with E-state index in [0.29, 0.717) is 19.7 Å². The van der Waals surface area contributed by atoms with Gasteiger partial charge in [0.15, 0.2) is 0 Å². The highest BCUT2D eigenvalue weighted by Gasteiger charge is 2.22. The first kappa shape index (κ1) is 18.7. The van der Waals surface area contributed by atoms with Crippen LogP contribution in [0.15, 0.2) is 24.3 Å². The van der Waals surface area contributed by atoms with Crippen molar-refractivity contribution in [3.63, 3.8) is 0 Å². The summed E-state index contributed by atoms with van der Waals surface area (Å²) >= 11 is 0. The molecule has 1 aliphatic heterocycles. The lowest BCUT2D eigenvalue weighted by molar-refractivity contribution is 0.142. The van der Waals surface area contributed by atoms with Gasteiger partial charge >= 0.3 is 6.03 Å². The SMILES string of the molecule is CCN(CC)Cc1ccccc1CNC(=O)N1CCOCC[C@H]1C. The number of hydrogen-bond donors (Lipinski definition) is 1. The first-order valence-corrected chi connectivity index (χ1v) is 9.07. The topological polar surface area (TPSA) is 44.8 Å². The van der Waals surface area contributed by atoms with E-state index in [0.717, 1.165) is 32.7 Å². The minimum atomic E-state index is 0.00522. The van der Waals surface area contributed by atoms with E-state index in [9.17, 15) is 4.79 Å². The molecule has 0 unspecified atom stereocenters. The highest BCUT2D eigenvalue weighted by molar-refractivity contribution is 5.74. The lowest BCUT2D eigenvalue weighted by Crippen LogP contribution is -2.45. The van der Waals surface area contributed by atoms with Crippen molar-refractivity contribution in [1.82, 2.24) is 15.1 Å². The average Bonchev–Trinajstić information content (AvgIpc) is 2.82. The van der Waals surface area contributed by atoms with Gasteiger partial charge in [-0.15, -0.1) is 0 Å². The van der Waals surface area contributed by atoms with E-state index in [2.05, 4.69) is 49.2 Å². The second kappa shape index (κ2) is 9.64. The van der Waals surface area contributed by atoms with Crippen molar-refractivity contribution in [1.29, 1.82) is 0 Å². The van der Waals surface area contributed by atoms with Crippen LogP contribution in [-0.4, -0.2) is 54.7 Å². The first-order valence-electron chi connectivity index (χ1n) is 9.07. The van der Waals surface area contributed by atoms with Crippen molar-refractivity contribution in [3.05, 3.63) is 35.4 Å². The Morgan fingerprint density at radius 3 is 2.67 bits per heavy atom. The maximum absolute atomic E-state index is 12.5. The third-order valence-electron chi connectivity index (χ3n) is 4.79. The van der Waals surface area contributed by atoms with E-state index in [1.807, 2.05) is 11.0 Å². The molecule has 24 heavy (non-hydrogen) atoms. The van der Waals surface area contributed by atoms with Gasteiger partial charge < -0.3 is 15.0 Å². The van der Waals surface area contributed by atoms with Crippen molar-refractivity contribution in [2.45, 2.75) is 46.3 Å². The summed E-state index contributed by atoms with van der Waals surface area (Å²) in [7, 11) is 0. The van der Waals surface area contributed by atoms with Crippen molar-refractivity contribution in [2.75, 3.05) is 32.8 Å². The summed E-state index contributed by atoms with van der Waals surface area (Å²) in [5.74, 6) is 0. The molecular formula is C19H31N3O2. The van der Waals surface area contributed by atoms with Crippen LogP contribution in [-0.2, 0) is 17.8 Å². The molecule has 1 fully saturated rings. The lowest BCUT2D eigenvalue weighted by Gasteiger charge is -2.27. The van der Waals surface area contributed by atoms with Crippen molar-refractivity contribution in [2.24, 2.45) is 0 Å². The van der Waals surface area contributed by atoms with Crippen molar-refractivity contribution in [3.8, 4) is 0 Å². The number of nitrogens with zero attached hydrogens (tertiary/aromatic N) is 2. The van der Waals surface area contributed by atoms with Crippen LogP contribution in [0.3, 0.4) is 0 Å². The Morgan fingerprint density at radius 1 is 1.25 bits per heavy atom. The molecule has 5 heteroatoms. The van der Waals surface area contributed by atoms with Crippen LogP contribution < -0.4 is 5.32 Å². The Morgan fingerprint density at radius 2 is 1.96 bits per heavy atom. The second-order valence-electron chi connectivity index (χ2n) is 6.33. The summed E-state index contributed by atoms with van der Waals surface area (Å²) in [6, 6.07) is 8.59. The highest BCUT2D eigenvalue weighted by atomic mass is 16.5. The molecule has 1 atom stereocenters. The Bertz CT molecular complexity index is 517. The molecule has 0 saturated carbocycles. The number of nitrogens with one attached hydrogen (secondary N) is 1. The molecule has 5 nitrogen and oxygen atoms in total. The normalized spacial score (nSPS) is 18.5. The molecule has 2 rings (SSSR count). The number of benzene rings is 1. The molecule has 0 radical (unpaired) electrons. The summed E-state index contributed by atoms with van der Waals surface area (Å²) < 4.78 is 5.47.